The highest BCUT2D eigenvalue weighted by Gasteiger charge is 2.10. The lowest BCUT2D eigenvalue weighted by atomic mass is 10.1. The van der Waals surface area contributed by atoms with Gasteiger partial charge in [-0.1, -0.05) is 30.3 Å². The van der Waals surface area contributed by atoms with Crippen LogP contribution in [0.25, 0.3) is 0 Å². The quantitative estimate of drug-likeness (QED) is 0.720. The van der Waals surface area contributed by atoms with Crippen LogP contribution in [0.5, 0.6) is 0 Å². The lowest BCUT2D eigenvalue weighted by molar-refractivity contribution is 0.104. The maximum atomic E-state index is 11.9. The second-order valence-corrected chi connectivity index (χ2v) is 4.05. The highest BCUT2D eigenvalue weighted by molar-refractivity contribution is 7.14. The zero-order valence-electron chi connectivity index (χ0n) is 7.81. The summed E-state index contributed by atoms with van der Waals surface area (Å²) in [4.78, 5) is 13.0. The van der Waals surface area contributed by atoms with E-state index in [1.165, 1.54) is 11.3 Å². The minimum absolute atomic E-state index is 0.0258. The first-order valence-corrected chi connectivity index (χ1v) is 5.22. The number of thiophene rings is 1. The van der Waals surface area contributed by atoms with E-state index in [4.69, 9.17) is 5.26 Å². The van der Waals surface area contributed by atoms with E-state index in [0.717, 1.165) is 0 Å². The number of carbonyl (C=O) groups excluding carboxylic acids is 1. The Labute approximate surface area is 91.4 Å². The number of hydrogen-bond donors (Lipinski definition) is 0. The van der Waals surface area contributed by atoms with Crippen LogP contribution < -0.4 is 0 Å². The van der Waals surface area contributed by atoms with E-state index in [0.29, 0.717) is 15.3 Å². The Balaban J connectivity index is 2.34. The van der Waals surface area contributed by atoms with Crippen molar-refractivity contribution in [1.29, 1.82) is 5.26 Å². The molecule has 0 bridgehead atoms. The van der Waals surface area contributed by atoms with Crippen LogP contribution in [-0.4, -0.2) is 5.78 Å². The van der Waals surface area contributed by atoms with E-state index in [-0.39, 0.29) is 5.78 Å². The van der Waals surface area contributed by atoms with Crippen molar-refractivity contribution in [3.05, 3.63) is 57.8 Å². The molecule has 0 atom stereocenters. The van der Waals surface area contributed by atoms with E-state index < -0.39 is 0 Å². The molecule has 0 unspecified atom stereocenters. The van der Waals surface area contributed by atoms with E-state index in [2.05, 4.69) is 0 Å². The molecule has 0 amide bonds. The maximum Gasteiger partial charge on any atom is 0.202 e. The maximum absolute atomic E-state index is 11.9. The molecule has 1 aromatic carbocycles. The van der Waals surface area contributed by atoms with E-state index in [1.807, 2.05) is 24.3 Å². The Morgan fingerprint density at radius 3 is 2.47 bits per heavy atom. The summed E-state index contributed by atoms with van der Waals surface area (Å²) in [5.41, 5.74) is 0.656. The third kappa shape index (κ3) is 1.95. The molecular formula is C12H7NOS. The Bertz CT molecular complexity index is 522. The van der Waals surface area contributed by atoms with Gasteiger partial charge in [0, 0.05) is 5.56 Å². The molecule has 1 heterocycles. The van der Waals surface area contributed by atoms with Crippen molar-refractivity contribution in [3.63, 3.8) is 0 Å². The van der Waals surface area contributed by atoms with Gasteiger partial charge in [-0.25, -0.2) is 0 Å². The zero-order valence-corrected chi connectivity index (χ0v) is 8.62. The summed E-state index contributed by atoms with van der Waals surface area (Å²) in [7, 11) is 0. The third-order valence-corrected chi connectivity index (χ3v) is 2.96. The predicted octanol–water partition coefficient (Wildman–Crippen LogP) is 2.85. The number of rotatable bonds is 2. The van der Waals surface area contributed by atoms with Gasteiger partial charge < -0.3 is 0 Å². The van der Waals surface area contributed by atoms with Gasteiger partial charge >= 0.3 is 0 Å². The molecule has 0 N–H and O–H groups in total. The van der Waals surface area contributed by atoms with Gasteiger partial charge in [-0.05, 0) is 12.1 Å². The van der Waals surface area contributed by atoms with Gasteiger partial charge in [0.2, 0.25) is 5.78 Å². The summed E-state index contributed by atoms with van der Waals surface area (Å²) >= 11 is 1.23. The molecule has 0 aliphatic heterocycles. The summed E-state index contributed by atoms with van der Waals surface area (Å²) in [5, 5.41) is 8.65. The van der Waals surface area contributed by atoms with Crippen LogP contribution in [0.1, 0.15) is 20.1 Å². The Morgan fingerprint density at radius 1 is 1.13 bits per heavy atom. The van der Waals surface area contributed by atoms with Crippen LogP contribution in [-0.2, 0) is 0 Å². The largest absolute Gasteiger partial charge is 0.288 e. The average Bonchev–Trinajstić information content (AvgIpc) is 2.78. The first-order chi connectivity index (χ1) is 7.31. The summed E-state index contributed by atoms with van der Waals surface area (Å²) in [5.74, 6) is -0.0258. The molecule has 3 heteroatoms. The standard InChI is InChI=1S/C12H7NOS/c13-8-10-6-7-11(15-10)12(14)9-4-2-1-3-5-9/h1-7H. The van der Waals surface area contributed by atoms with Crippen LogP contribution in [0.4, 0.5) is 0 Å². The monoisotopic (exact) mass is 213 g/mol. The summed E-state index contributed by atoms with van der Waals surface area (Å²) in [6.45, 7) is 0. The number of nitriles is 1. The van der Waals surface area contributed by atoms with E-state index in [1.54, 1.807) is 24.3 Å². The molecule has 0 spiro atoms. The lowest BCUT2D eigenvalue weighted by Crippen LogP contribution is -1.97. The summed E-state index contributed by atoms with van der Waals surface area (Å²) < 4.78 is 0. The number of carbonyl (C=O) groups is 1. The fraction of sp³-hybridized carbons (Fsp3) is 0. The number of ketones is 1. The van der Waals surface area contributed by atoms with Gasteiger partial charge in [0.25, 0.3) is 0 Å². The lowest BCUT2D eigenvalue weighted by Gasteiger charge is -1.95. The van der Waals surface area contributed by atoms with E-state index in [9.17, 15) is 4.79 Å². The Hall–Kier alpha value is -1.92. The molecule has 2 aromatic rings. The highest BCUT2D eigenvalue weighted by atomic mass is 32.1. The number of nitrogens with zero attached hydrogens (tertiary/aromatic N) is 1. The third-order valence-electron chi connectivity index (χ3n) is 1.98. The molecular weight excluding hydrogens is 206 g/mol. The first kappa shape index (κ1) is 9.63. The van der Waals surface area contributed by atoms with Gasteiger partial charge in [-0.2, -0.15) is 5.26 Å². The molecule has 0 saturated heterocycles. The number of benzene rings is 1. The second-order valence-electron chi connectivity index (χ2n) is 2.97. The topological polar surface area (TPSA) is 40.9 Å². The van der Waals surface area contributed by atoms with Gasteiger partial charge in [0.05, 0.1) is 4.88 Å². The molecule has 72 valence electrons. The van der Waals surface area contributed by atoms with Gasteiger partial charge in [0.15, 0.2) is 0 Å². The minimum atomic E-state index is -0.0258. The van der Waals surface area contributed by atoms with Crippen LogP contribution >= 0.6 is 11.3 Å². The van der Waals surface area contributed by atoms with Crippen LogP contribution in [0.3, 0.4) is 0 Å². The van der Waals surface area contributed by atoms with Crippen molar-refractivity contribution in [2.75, 3.05) is 0 Å². The van der Waals surface area contributed by atoms with Crippen molar-refractivity contribution in [2.45, 2.75) is 0 Å². The normalized spacial score (nSPS) is 9.53. The van der Waals surface area contributed by atoms with Crippen LogP contribution in [0, 0.1) is 11.3 Å². The molecule has 0 aliphatic carbocycles. The van der Waals surface area contributed by atoms with Gasteiger partial charge in [-0.15, -0.1) is 11.3 Å². The highest BCUT2D eigenvalue weighted by Crippen LogP contribution is 2.18. The fourth-order valence-corrected chi connectivity index (χ4v) is 2.02. The number of hydrogen-bond acceptors (Lipinski definition) is 3. The minimum Gasteiger partial charge on any atom is -0.288 e. The van der Waals surface area contributed by atoms with Crippen LogP contribution in [0.15, 0.2) is 42.5 Å². The fourth-order valence-electron chi connectivity index (χ4n) is 1.25. The second kappa shape index (κ2) is 4.07. The van der Waals surface area contributed by atoms with Crippen molar-refractivity contribution in [1.82, 2.24) is 0 Å². The predicted molar refractivity (Wildman–Crippen MR) is 58.9 cm³/mol. The first-order valence-electron chi connectivity index (χ1n) is 4.41. The molecule has 0 radical (unpaired) electrons. The smallest absolute Gasteiger partial charge is 0.202 e. The summed E-state index contributed by atoms with van der Waals surface area (Å²) in [6.07, 6.45) is 0. The molecule has 2 rings (SSSR count). The molecule has 0 saturated carbocycles. The van der Waals surface area contributed by atoms with Crippen molar-refractivity contribution >= 4 is 17.1 Å². The molecule has 0 aliphatic rings. The molecule has 0 fully saturated rings. The summed E-state index contributed by atoms with van der Waals surface area (Å²) in [6, 6.07) is 14.4. The molecule has 15 heavy (non-hydrogen) atoms. The zero-order chi connectivity index (χ0) is 10.7. The van der Waals surface area contributed by atoms with Crippen molar-refractivity contribution in [2.24, 2.45) is 0 Å². The molecule has 2 nitrogen and oxygen atoms in total. The van der Waals surface area contributed by atoms with Crippen molar-refractivity contribution in [3.8, 4) is 6.07 Å². The SMILES string of the molecule is N#Cc1ccc(C(=O)c2ccccc2)s1. The Morgan fingerprint density at radius 2 is 1.87 bits per heavy atom. The van der Waals surface area contributed by atoms with Gasteiger partial charge in [-0.3, -0.25) is 4.79 Å². The molecule has 1 aromatic heterocycles. The average molecular weight is 213 g/mol. The Kier molecular flexibility index (Phi) is 2.61. The van der Waals surface area contributed by atoms with Crippen LogP contribution in [0.2, 0.25) is 0 Å². The van der Waals surface area contributed by atoms with Gasteiger partial charge in [0.1, 0.15) is 10.9 Å². The van der Waals surface area contributed by atoms with Crippen molar-refractivity contribution < 1.29 is 4.79 Å². The van der Waals surface area contributed by atoms with E-state index >= 15 is 0 Å².